The highest BCUT2D eigenvalue weighted by atomic mass is 28.4. The molecule has 23 heavy (non-hydrogen) atoms. The first-order valence-corrected chi connectivity index (χ1v) is 10.1. The molecular weight excluding hydrogens is 316 g/mol. The summed E-state index contributed by atoms with van der Waals surface area (Å²) in [4.78, 5) is 10.1. The zero-order valence-electron chi connectivity index (χ0n) is 14.9. The van der Waals surface area contributed by atoms with E-state index in [9.17, 15) is 4.79 Å². The molecule has 0 aromatic heterocycles. The molecule has 7 heteroatoms. The molecule has 0 bridgehead atoms. The van der Waals surface area contributed by atoms with Crippen LogP contribution in [0, 0.1) is 0 Å². The topological polar surface area (TPSA) is 74.2 Å². The lowest BCUT2D eigenvalue weighted by Crippen LogP contribution is -2.64. The quantitative estimate of drug-likeness (QED) is 0.412. The second-order valence-corrected chi connectivity index (χ2v) is 9.15. The largest absolute Gasteiger partial charge is 0.460 e. The minimum Gasteiger partial charge on any atom is -0.460 e. The monoisotopic (exact) mass is 348 g/mol. The Bertz CT molecular complexity index is 341. The molecule has 1 unspecified atom stereocenters. The summed E-state index contributed by atoms with van der Waals surface area (Å²) in [5, 5.41) is 7.98. The van der Waals surface area contributed by atoms with E-state index in [0.29, 0.717) is 0 Å². The third-order valence-corrected chi connectivity index (χ3v) is 8.66. The predicted octanol–water partition coefficient (Wildman–Crippen LogP) is 2.34. The maximum Gasteiger partial charge on any atom is 0.370 e. The van der Waals surface area contributed by atoms with E-state index in [2.05, 4.69) is 18.2 Å². The summed E-state index contributed by atoms with van der Waals surface area (Å²) in [5.41, 5.74) is 0. The number of carbonyl (C=O) groups is 1. The molecule has 1 N–H and O–H groups in total. The minimum atomic E-state index is -2.15. The Morgan fingerprint density at radius 1 is 1.30 bits per heavy atom. The molecule has 1 aliphatic heterocycles. The number of ether oxygens (including phenoxy) is 2. The van der Waals surface area contributed by atoms with Crippen LogP contribution in [0.5, 0.6) is 0 Å². The highest BCUT2D eigenvalue weighted by molar-refractivity contribution is 6.70. The molecule has 1 rings (SSSR count). The Balaban J connectivity index is 0.000000515. The van der Waals surface area contributed by atoms with Crippen molar-refractivity contribution in [3.63, 3.8) is 0 Å². The summed E-state index contributed by atoms with van der Waals surface area (Å²) >= 11 is 0. The van der Waals surface area contributed by atoms with Crippen molar-refractivity contribution >= 4 is 14.5 Å². The van der Waals surface area contributed by atoms with Gasteiger partial charge in [-0.1, -0.05) is 32.8 Å². The zero-order chi connectivity index (χ0) is 17.8. The van der Waals surface area contributed by atoms with Crippen molar-refractivity contribution in [3.05, 3.63) is 12.7 Å². The van der Waals surface area contributed by atoms with Gasteiger partial charge in [0.05, 0.1) is 6.61 Å². The summed E-state index contributed by atoms with van der Waals surface area (Å²) in [6.07, 6.45) is 6.76. The highest BCUT2D eigenvalue weighted by Gasteiger charge is 2.58. The molecule has 0 spiro atoms. The fraction of sp³-hybridized carbons (Fsp3) is 0.812. The average Bonchev–Trinajstić information content (AvgIpc) is 2.60. The number of rotatable bonds is 8. The fourth-order valence-corrected chi connectivity index (χ4v) is 7.12. The van der Waals surface area contributed by atoms with Crippen molar-refractivity contribution < 1.29 is 28.2 Å². The molecular formula is C16H32O6Si. The number of methoxy groups -OCH3 is 1. The van der Waals surface area contributed by atoms with E-state index in [1.54, 1.807) is 21.3 Å². The van der Waals surface area contributed by atoms with Gasteiger partial charge in [-0.3, -0.25) is 0 Å². The molecule has 1 atom stereocenters. The van der Waals surface area contributed by atoms with Crippen LogP contribution < -0.4 is 0 Å². The van der Waals surface area contributed by atoms with Gasteiger partial charge < -0.3 is 23.4 Å². The van der Waals surface area contributed by atoms with E-state index in [1.807, 2.05) is 0 Å². The molecule has 0 aromatic rings. The number of aliphatic hydroxyl groups excluding tert-OH is 1. The third kappa shape index (κ3) is 6.00. The maximum absolute atomic E-state index is 10.1. The van der Waals surface area contributed by atoms with Gasteiger partial charge in [-0.15, -0.1) is 0 Å². The SMILES string of the molecule is C=CC(=O)OCCO.CCCC1(OC)CCCC[Si]1(OC)OC. The second-order valence-electron chi connectivity index (χ2n) is 5.41. The third-order valence-electron chi connectivity index (χ3n) is 4.24. The summed E-state index contributed by atoms with van der Waals surface area (Å²) in [6, 6.07) is 1.06. The minimum absolute atomic E-state index is 0.0465. The van der Waals surface area contributed by atoms with E-state index in [0.717, 1.165) is 31.4 Å². The van der Waals surface area contributed by atoms with Crippen LogP contribution in [0.2, 0.25) is 6.04 Å². The standard InChI is InChI=1S/C11H24O3Si.C5H8O3/c1-5-8-11(12-2)9-6-7-10-15(11,13-3)14-4;1-2-5(7)8-4-3-6/h5-10H2,1-4H3;2,6H,1,3-4H2. The molecule has 1 heterocycles. The van der Waals surface area contributed by atoms with Crippen molar-refractivity contribution in [2.45, 2.75) is 50.3 Å². The van der Waals surface area contributed by atoms with Crippen molar-refractivity contribution in [2.24, 2.45) is 0 Å². The molecule has 136 valence electrons. The van der Waals surface area contributed by atoms with E-state index < -0.39 is 14.5 Å². The lowest BCUT2D eigenvalue weighted by atomic mass is 10.1. The van der Waals surface area contributed by atoms with E-state index in [-0.39, 0.29) is 18.4 Å². The number of carbonyl (C=O) groups excluding carboxylic acids is 1. The molecule has 1 saturated heterocycles. The molecule has 0 saturated carbocycles. The Morgan fingerprint density at radius 3 is 2.39 bits per heavy atom. The first-order chi connectivity index (χ1) is 11.0. The van der Waals surface area contributed by atoms with Crippen LogP contribution in [0.4, 0.5) is 0 Å². The number of esters is 1. The molecule has 1 fully saturated rings. The van der Waals surface area contributed by atoms with E-state index in [4.69, 9.17) is 18.7 Å². The lowest BCUT2D eigenvalue weighted by molar-refractivity contribution is -0.138. The Morgan fingerprint density at radius 2 is 1.96 bits per heavy atom. The zero-order valence-corrected chi connectivity index (χ0v) is 15.9. The van der Waals surface area contributed by atoms with Gasteiger partial charge in [0.15, 0.2) is 0 Å². The Kier molecular flexibility index (Phi) is 11.4. The number of hydrogen-bond donors (Lipinski definition) is 1. The smallest absolute Gasteiger partial charge is 0.370 e. The van der Waals surface area contributed by atoms with Crippen LogP contribution in [0.3, 0.4) is 0 Å². The summed E-state index contributed by atoms with van der Waals surface area (Å²) < 4.78 is 21.7. The van der Waals surface area contributed by atoms with Crippen LogP contribution in [-0.4, -0.2) is 59.4 Å². The van der Waals surface area contributed by atoms with Crippen LogP contribution in [0.15, 0.2) is 12.7 Å². The second kappa shape index (κ2) is 11.7. The van der Waals surface area contributed by atoms with Crippen LogP contribution in [0.1, 0.15) is 39.0 Å². The lowest BCUT2D eigenvalue weighted by Gasteiger charge is -2.47. The summed E-state index contributed by atoms with van der Waals surface area (Å²) in [5.74, 6) is -0.501. The van der Waals surface area contributed by atoms with Crippen LogP contribution >= 0.6 is 0 Å². The first-order valence-electron chi connectivity index (χ1n) is 8.06. The van der Waals surface area contributed by atoms with Crippen molar-refractivity contribution in [1.29, 1.82) is 0 Å². The first kappa shape index (κ1) is 22.3. The average molecular weight is 349 g/mol. The molecule has 1 aliphatic rings. The predicted molar refractivity (Wildman–Crippen MR) is 91.3 cm³/mol. The van der Waals surface area contributed by atoms with Crippen LogP contribution in [0.25, 0.3) is 0 Å². The van der Waals surface area contributed by atoms with Gasteiger partial charge in [0.2, 0.25) is 0 Å². The van der Waals surface area contributed by atoms with Gasteiger partial charge >= 0.3 is 14.5 Å². The van der Waals surface area contributed by atoms with Gasteiger partial charge in [-0.2, -0.15) is 0 Å². The Labute approximate surface area is 141 Å². The molecule has 0 radical (unpaired) electrons. The molecule has 0 amide bonds. The van der Waals surface area contributed by atoms with E-state index in [1.165, 1.54) is 12.8 Å². The highest BCUT2D eigenvalue weighted by Crippen LogP contribution is 2.42. The van der Waals surface area contributed by atoms with Crippen molar-refractivity contribution in [1.82, 2.24) is 0 Å². The Hall–Kier alpha value is -0.733. The van der Waals surface area contributed by atoms with Gasteiger partial charge in [0, 0.05) is 27.4 Å². The van der Waals surface area contributed by atoms with Gasteiger partial charge in [0.1, 0.15) is 11.8 Å². The van der Waals surface area contributed by atoms with Crippen molar-refractivity contribution in [2.75, 3.05) is 34.5 Å². The number of hydrogen-bond acceptors (Lipinski definition) is 6. The maximum atomic E-state index is 10.1. The molecule has 0 aromatic carbocycles. The number of aliphatic hydroxyl groups is 1. The van der Waals surface area contributed by atoms with Crippen LogP contribution in [-0.2, 0) is 23.1 Å². The molecule has 6 nitrogen and oxygen atoms in total. The van der Waals surface area contributed by atoms with E-state index >= 15 is 0 Å². The summed E-state index contributed by atoms with van der Waals surface area (Å²) in [6.45, 7) is 5.26. The normalized spacial score (nSPS) is 22.7. The van der Waals surface area contributed by atoms with Gasteiger partial charge in [0.25, 0.3) is 0 Å². The fourth-order valence-electron chi connectivity index (χ4n) is 3.13. The van der Waals surface area contributed by atoms with Gasteiger partial charge in [-0.05, 0) is 18.9 Å². The molecule has 0 aliphatic carbocycles. The van der Waals surface area contributed by atoms with Gasteiger partial charge in [-0.25, -0.2) is 4.79 Å². The summed E-state index contributed by atoms with van der Waals surface area (Å²) in [7, 11) is 3.22. The van der Waals surface area contributed by atoms with Crippen molar-refractivity contribution in [3.8, 4) is 0 Å².